The zero-order chi connectivity index (χ0) is 17.5. The van der Waals surface area contributed by atoms with Crippen LogP contribution in [0.15, 0.2) is 10.5 Å². The largest absolute Gasteiger partial charge is 0.466 e. The van der Waals surface area contributed by atoms with Crippen molar-refractivity contribution < 1.29 is 14.0 Å². The van der Waals surface area contributed by atoms with E-state index >= 15 is 0 Å². The number of fused-ring (bicyclic) bond motifs is 1. The average Bonchev–Trinajstić information content (AvgIpc) is 2.86. The van der Waals surface area contributed by atoms with E-state index in [2.05, 4.69) is 19.2 Å². The summed E-state index contributed by atoms with van der Waals surface area (Å²) in [5.74, 6) is 1.51. The third kappa shape index (κ3) is 3.42. The molecule has 0 spiro atoms. The molecule has 2 aliphatic rings. The lowest BCUT2D eigenvalue weighted by Crippen LogP contribution is -2.48. The number of nitrogens with zero attached hydrogens (tertiary/aromatic N) is 1. The number of urea groups is 1. The van der Waals surface area contributed by atoms with E-state index in [9.17, 15) is 9.59 Å². The number of hydrogen-bond donors (Lipinski definition) is 2. The minimum Gasteiger partial charge on any atom is -0.466 e. The topological polar surface area (TPSA) is 88.6 Å². The van der Waals surface area contributed by atoms with Crippen LogP contribution in [0.25, 0.3) is 0 Å². The Morgan fingerprint density at radius 1 is 1.33 bits per heavy atom. The number of nitrogens with one attached hydrogen (secondary N) is 1. The molecule has 132 valence electrons. The minimum atomic E-state index is -0.261. The van der Waals surface area contributed by atoms with Gasteiger partial charge in [0.1, 0.15) is 11.5 Å². The number of amides is 3. The normalized spacial score (nSPS) is 23.6. The fourth-order valence-corrected chi connectivity index (χ4v) is 3.92. The maximum Gasteiger partial charge on any atom is 0.317 e. The number of furan rings is 1. The van der Waals surface area contributed by atoms with Gasteiger partial charge in [0, 0.05) is 31.0 Å². The van der Waals surface area contributed by atoms with E-state index in [1.807, 2.05) is 13.0 Å². The molecule has 0 radical (unpaired) electrons. The lowest BCUT2D eigenvalue weighted by Gasteiger charge is -2.37. The maximum atomic E-state index is 12.6. The molecule has 24 heavy (non-hydrogen) atoms. The van der Waals surface area contributed by atoms with Crippen molar-refractivity contribution in [1.29, 1.82) is 0 Å². The molecule has 1 fully saturated rings. The number of primary amides is 1. The van der Waals surface area contributed by atoms with Gasteiger partial charge in [0.2, 0.25) is 5.91 Å². The molecular weight excluding hydrogens is 306 g/mol. The Morgan fingerprint density at radius 2 is 2.00 bits per heavy atom. The Morgan fingerprint density at radius 3 is 2.62 bits per heavy atom. The molecular formula is C18H27N3O3. The van der Waals surface area contributed by atoms with Crippen molar-refractivity contribution in [3.05, 3.63) is 23.2 Å². The summed E-state index contributed by atoms with van der Waals surface area (Å²) in [6, 6.07) is 1.95. The van der Waals surface area contributed by atoms with Crippen molar-refractivity contribution in [2.75, 3.05) is 13.1 Å². The first-order valence-electron chi connectivity index (χ1n) is 8.69. The highest BCUT2D eigenvalue weighted by Crippen LogP contribution is 2.42. The second kappa shape index (κ2) is 6.15. The van der Waals surface area contributed by atoms with Crippen molar-refractivity contribution in [3.63, 3.8) is 0 Å². The summed E-state index contributed by atoms with van der Waals surface area (Å²) in [7, 11) is 0. The first-order chi connectivity index (χ1) is 11.2. The third-order valence-electron chi connectivity index (χ3n) is 5.22. The van der Waals surface area contributed by atoms with Crippen molar-refractivity contribution in [2.24, 2.45) is 17.1 Å². The van der Waals surface area contributed by atoms with Crippen molar-refractivity contribution in [3.8, 4) is 0 Å². The Hall–Kier alpha value is -1.98. The molecule has 0 bridgehead atoms. The second-order valence-electron chi connectivity index (χ2n) is 7.95. The molecule has 0 aromatic carbocycles. The van der Waals surface area contributed by atoms with Crippen LogP contribution < -0.4 is 11.1 Å². The summed E-state index contributed by atoms with van der Waals surface area (Å²) in [5, 5.41) is 3.17. The van der Waals surface area contributed by atoms with Crippen LogP contribution in [-0.2, 0) is 11.2 Å². The number of rotatable bonds is 2. The molecule has 1 aromatic rings. The third-order valence-corrected chi connectivity index (χ3v) is 5.22. The number of hydrogen-bond acceptors (Lipinski definition) is 3. The predicted octanol–water partition coefficient (Wildman–Crippen LogP) is 2.51. The fourth-order valence-electron chi connectivity index (χ4n) is 3.92. The highest BCUT2D eigenvalue weighted by molar-refractivity contribution is 5.78. The summed E-state index contributed by atoms with van der Waals surface area (Å²) in [4.78, 5) is 25.7. The van der Waals surface area contributed by atoms with Crippen LogP contribution in [0.4, 0.5) is 4.79 Å². The quantitative estimate of drug-likeness (QED) is 0.871. The molecule has 2 heterocycles. The summed E-state index contributed by atoms with van der Waals surface area (Å²) < 4.78 is 5.82. The molecule has 1 aliphatic carbocycles. The standard InChI is InChI=1S/C18H27N3O3/c1-11-8-13-14(9-18(2,3)10-15(13)24-11)20-17(23)21-6-4-12(5-7-21)16(19)22/h8,12,14H,4-7,9-10H2,1-3H3,(H2,19,22)(H,20,23)/t14-/m0/s1. The zero-order valence-corrected chi connectivity index (χ0v) is 14.7. The second-order valence-corrected chi connectivity index (χ2v) is 7.95. The van der Waals surface area contributed by atoms with Gasteiger partial charge in [-0.1, -0.05) is 13.8 Å². The van der Waals surface area contributed by atoms with E-state index in [4.69, 9.17) is 10.2 Å². The smallest absolute Gasteiger partial charge is 0.317 e. The van der Waals surface area contributed by atoms with Crippen LogP contribution in [0, 0.1) is 18.3 Å². The van der Waals surface area contributed by atoms with Crippen LogP contribution >= 0.6 is 0 Å². The molecule has 1 aromatic heterocycles. The van der Waals surface area contributed by atoms with E-state index in [1.165, 1.54) is 0 Å². The molecule has 6 nitrogen and oxygen atoms in total. The molecule has 6 heteroatoms. The van der Waals surface area contributed by atoms with Gasteiger partial charge >= 0.3 is 6.03 Å². The summed E-state index contributed by atoms with van der Waals surface area (Å²) in [5.41, 5.74) is 6.55. The number of piperidine rings is 1. The number of aryl methyl sites for hydroxylation is 1. The maximum absolute atomic E-state index is 12.6. The van der Waals surface area contributed by atoms with Crippen LogP contribution in [0.1, 0.15) is 56.2 Å². The van der Waals surface area contributed by atoms with Crippen LogP contribution in [0.3, 0.4) is 0 Å². The van der Waals surface area contributed by atoms with Gasteiger partial charge in [-0.15, -0.1) is 0 Å². The van der Waals surface area contributed by atoms with E-state index in [-0.39, 0.29) is 29.3 Å². The van der Waals surface area contributed by atoms with Crippen molar-refractivity contribution >= 4 is 11.9 Å². The Kier molecular flexibility index (Phi) is 4.32. The first kappa shape index (κ1) is 16.9. The van der Waals surface area contributed by atoms with E-state index in [0.717, 1.165) is 29.9 Å². The van der Waals surface area contributed by atoms with Crippen LogP contribution in [0.5, 0.6) is 0 Å². The van der Waals surface area contributed by atoms with E-state index in [1.54, 1.807) is 4.90 Å². The van der Waals surface area contributed by atoms with Gasteiger partial charge in [-0.2, -0.15) is 0 Å². The van der Waals surface area contributed by atoms with Crippen LogP contribution in [0.2, 0.25) is 0 Å². The highest BCUT2D eigenvalue weighted by Gasteiger charge is 2.36. The molecule has 1 saturated heterocycles. The Bertz CT molecular complexity index is 642. The van der Waals surface area contributed by atoms with Gasteiger partial charge in [-0.05, 0) is 37.7 Å². The van der Waals surface area contributed by atoms with Gasteiger partial charge in [-0.25, -0.2) is 4.79 Å². The van der Waals surface area contributed by atoms with Gasteiger partial charge < -0.3 is 20.4 Å². The van der Waals surface area contributed by atoms with Gasteiger partial charge in [0.25, 0.3) is 0 Å². The molecule has 3 N–H and O–H groups in total. The molecule has 0 unspecified atom stereocenters. The molecule has 3 rings (SSSR count). The Balaban J connectivity index is 1.67. The SMILES string of the molecule is Cc1cc2c(o1)CC(C)(C)C[C@@H]2NC(=O)N1CCC(C(N)=O)CC1. The molecule has 1 atom stereocenters. The predicted molar refractivity (Wildman–Crippen MR) is 90.3 cm³/mol. The number of nitrogens with two attached hydrogens (primary N) is 1. The van der Waals surface area contributed by atoms with E-state index in [0.29, 0.717) is 25.9 Å². The Labute approximate surface area is 142 Å². The van der Waals surface area contributed by atoms with Crippen molar-refractivity contribution in [2.45, 2.75) is 52.5 Å². The summed E-state index contributed by atoms with van der Waals surface area (Å²) >= 11 is 0. The summed E-state index contributed by atoms with van der Waals surface area (Å²) in [6.07, 6.45) is 3.08. The minimum absolute atomic E-state index is 0.0254. The van der Waals surface area contributed by atoms with Gasteiger partial charge in [-0.3, -0.25) is 4.79 Å². The average molecular weight is 333 g/mol. The number of likely N-dealkylation sites (tertiary alicyclic amines) is 1. The fraction of sp³-hybridized carbons (Fsp3) is 0.667. The van der Waals surface area contributed by atoms with Gasteiger partial charge in [0.15, 0.2) is 0 Å². The molecule has 0 saturated carbocycles. The van der Waals surface area contributed by atoms with Gasteiger partial charge in [0.05, 0.1) is 6.04 Å². The van der Waals surface area contributed by atoms with Crippen molar-refractivity contribution in [1.82, 2.24) is 10.2 Å². The van der Waals surface area contributed by atoms with Crippen LogP contribution in [-0.4, -0.2) is 29.9 Å². The zero-order valence-electron chi connectivity index (χ0n) is 14.7. The lowest BCUT2D eigenvalue weighted by molar-refractivity contribution is -0.123. The lowest BCUT2D eigenvalue weighted by atomic mass is 9.75. The number of carbonyl (C=O) groups excluding carboxylic acids is 2. The molecule has 3 amide bonds. The first-order valence-corrected chi connectivity index (χ1v) is 8.69. The monoisotopic (exact) mass is 333 g/mol. The van der Waals surface area contributed by atoms with E-state index < -0.39 is 0 Å². The molecule has 1 aliphatic heterocycles. The summed E-state index contributed by atoms with van der Waals surface area (Å²) in [6.45, 7) is 7.50. The number of carbonyl (C=O) groups is 2. The highest BCUT2D eigenvalue weighted by atomic mass is 16.3.